The number of nitrogens with zero attached hydrogens (tertiary/aromatic N) is 1. The van der Waals surface area contributed by atoms with Crippen LogP contribution in [0, 0.1) is 0 Å². The number of rotatable bonds is 4. The SMILES string of the molecule is CCc1nc2c(s1)C(NC[C@H](C)O)CCC2. The van der Waals surface area contributed by atoms with Gasteiger partial charge in [-0.3, -0.25) is 0 Å². The Morgan fingerprint density at radius 1 is 1.62 bits per heavy atom. The number of hydrogen-bond donors (Lipinski definition) is 2. The Morgan fingerprint density at radius 3 is 3.12 bits per heavy atom. The van der Waals surface area contributed by atoms with Crippen molar-refractivity contribution in [1.29, 1.82) is 0 Å². The molecule has 2 N–H and O–H groups in total. The Kier molecular flexibility index (Phi) is 3.95. The summed E-state index contributed by atoms with van der Waals surface area (Å²) in [5.41, 5.74) is 1.29. The number of aliphatic hydroxyl groups excluding tert-OH is 1. The number of aromatic nitrogens is 1. The zero-order chi connectivity index (χ0) is 11.5. The zero-order valence-electron chi connectivity index (χ0n) is 9.99. The molecule has 0 saturated carbocycles. The molecule has 1 aromatic heterocycles. The average Bonchev–Trinajstić information content (AvgIpc) is 2.69. The lowest BCUT2D eigenvalue weighted by Crippen LogP contribution is -2.30. The maximum Gasteiger partial charge on any atom is 0.0928 e. The van der Waals surface area contributed by atoms with Gasteiger partial charge in [0.2, 0.25) is 0 Å². The summed E-state index contributed by atoms with van der Waals surface area (Å²) < 4.78 is 0. The molecule has 0 amide bonds. The number of thiazole rings is 1. The topological polar surface area (TPSA) is 45.2 Å². The second-order valence-corrected chi connectivity index (χ2v) is 5.59. The number of fused-ring (bicyclic) bond motifs is 1. The molecule has 1 aliphatic carbocycles. The highest BCUT2D eigenvalue weighted by molar-refractivity contribution is 7.11. The van der Waals surface area contributed by atoms with Crippen LogP contribution < -0.4 is 5.32 Å². The van der Waals surface area contributed by atoms with E-state index in [-0.39, 0.29) is 6.10 Å². The number of hydrogen-bond acceptors (Lipinski definition) is 4. The van der Waals surface area contributed by atoms with Gasteiger partial charge in [-0.25, -0.2) is 4.98 Å². The number of aliphatic hydroxyl groups is 1. The zero-order valence-corrected chi connectivity index (χ0v) is 10.8. The van der Waals surface area contributed by atoms with Crippen LogP contribution in [0.15, 0.2) is 0 Å². The van der Waals surface area contributed by atoms with Crippen molar-refractivity contribution in [3.63, 3.8) is 0 Å². The van der Waals surface area contributed by atoms with Crippen molar-refractivity contribution in [2.24, 2.45) is 0 Å². The normalized spacial score (nSPS) is 21.8. The summed E-state index contributed by atoms with van der Waals surface area (Å²) >= 11 is 1.84. The van der Waals surface area contributed by atoms with Gasteiger partial charge in [-0.05, 0) is 32.6 Å². The van der Waals surface area contributed by atoms with Gasteiger partial charge in [-0.15, -0.1) is 11.3 Å². The van der Waals surface area contributed by atoms with Gasteiger partial charge in [0.15, 0.2) is 0 Å². The molecular weight excluding hydrogens is 220 g/mol. The first-order valence-corrected chi connectivity index (χ1v) is 6.92. The Bertz CT molecular complexity index is 349. The average molecular weight is 240 g/mol. The van der Waals surface area contributed by atoms with E-state index in [4.69, 9.17) is 0 Å². The van der Waals surface area contributed by atoms with Crippen molar-refractivity contribution < 1.29 is 5.11 Å². The highest BCUT2D eigenvalue weighted by atomic mass is 32.1. The molecule has 1 heterocycles. The lowest BCUT2D eigenvalue weighted by molar-refractivity contribution is 0.184. The molecule has 0 aromatic carbocycles. The molecule has 1 unspecified atom stereocenters. The van der Waals surface area contributed by atoms with E-state index < -0.39 is 0 Å². The third kappa shape index (κ3) is 2.62. The van der Waals surface area contributed by atoms with E-state index in [0.717, 1.165) is 12.8 Å². The summed E-state index contributed by atoms with van der Waals surface area (Å²) in [5.74, 6) is 0. The lowest BCUT2D eigenvalue weighted by atomic mass is 9.98. The molecule has 0 radical (unpaired) electrons. The minimum Gasteiger partial charge on any atom is -0.392 e. The molecule has 90 valence electrons. The Hall–Kier alpha value is -0.450. The van der Waals surface area contributed by atoms with Crippen LogP contribution in [0.4, 0.5) is 0 Å². The van der Waals surface area contributed by atoms with Gasteiger partial charge in [0.25, 0.3) is 0 Å². The van der Waals surface area contributed by atoms with Crippen molar-refractivity contribution in [2.75, 3.05) is 6.54 Å². The maximum atomic E-state index is 9.31. The minimum absolute atomic E-state index is 0.274. The molecule has 2 rings (SSSR count). The van der Waals surface area contributed by atoms with Crippen LogP contribution in [0.3, 0.4) is 0 Å². The van der Waals surface area contributed by atoms with E-state index in [9.17, 15) is 5.11 Å². The van der Waals surface area contributed by atoms with E-state index in [2.05, 4.69) is 17.2 Å². The van der Waals surface area contributed by atoms with Crippen LogP contribution in [0.2, 0.25) is 0 Å². The fourth-order valence-corrected chi connectivity index (χ4v) is 3.29. The van der Waals surface area contributed by atoms with Gasteiger partial charge in [-0.2, -0.15) is 0 Å². The third-order valence-corrected chi connectivity index (χ3v) is 4.31. The van der Waals surface area contributed by atoms with Crippen LogP contribution in [0.5, 0.6) is 0 Å². The van der Waals surface area contributed by atoms with Gasteiger partial charge >= 0.3 is 0 Å². The lowest BCUT2D eigenvalue weighted by Gasteiger charge is -2.23. The molecule has 1 aromatic rings. The van der Waals surface area contributed by atoms with Crippen LogP contribution in [-0.2, 0) is 12.8 Å². The van der Waals surface area contributed by atoms with Crippen LogP contribution in [-0.4, -0.2) is 22.7 Å². The summed E-state index contributed by atoms with van der Waals surface area (Å²) in [7, 11) is 0. The Labute approximate surface area is 101 Å². The molecule has 16 heavy (non-hydrogen) atoms. The van der Waals surface area contributed by atoms with Gasteiger partial charge in [0.05, 0.1) is 16.8 Å². The van der Waals surface area contributed by atoms with E-state index in [1.54, 1.807) is 0 Å². The molecule has 3 nitrogen and oxygen atoms in total. The fraction of sp³-hybridized carbons (Fsp3) is 0.750. The quantitative estimate of drug-likeness (QED) is 0.846. The van der Waals surface area contributed by atoms with Crippen molar-refractivity contribution in [3.8, 4) is 0 Å². The predicted octanol–water partition coefficient (Wildman–Crippen LogP) is 2.05. The molecule has 0 aliphatic heterocycles. The Morgan fingerprint density at radius 2 is 2.44 bits per heavy atom. The number of aryl methyl sites for hydroxylation is 2. The second-order valence-electron chi connectivity index (χ2n) is 4.47. The van der Waals surface area contributed by atoms with Gasteiger partial charge in [0, 0.05) is 17.5 Å². The van der Waals surface area contributed by atoms with Gasteiger partial charge in [0.1, 0.15) is 0 Å². The smallest absolute Gasteiger partial charge is 0.0928 e. The first kappa shape index (κ1) is 12.0. The first-order valence-electron chi connectivity index (χ1n) is 6.10. The standard InChI is InChI=1S/C12H20N2OS/c1-3-11-14-10-6-4-5-9(12(10)16-11)13-7-8(2)15/h8-9,13,15H,3-7H2,1-2H3/t8-,9?/m0/s1. The van der Waals surface area contributed by atoms with E-state index >= 15 is 0 Å². The van der Waals surface area contributed by atoms with E-state index in [1.807, 2.05) is 18.3 Å². The fourth-order valence-electron chi connectivity index (χ4n) is 2.13. The molecule has 4 heteroatoms. The molecule has 0 saturated heterocycles. The van der Waals surface area contributed by atoms with Crippen LogP contribution in [0.1, 0.15) is 48.3 Å². The largest absolute Gasteiger partial charge is 0.392 e. The summed E-state index contributed by atoms with van der Waals surface area (Å²) in [4.78, 5) is 6.07. The highest BCUT2D eigenvalue weighted by Crippen LogP contribution is 2.34. The Balaban J connectivity index is 2.09. The summed E-state index contributed by atoms with van der Waals surface area (Å²) in [6.07, 6.45) is 4.26. The summed E-state index contributed by atoms with van der Waals surface area (Å²) in [6, 6.07) is 0.413. The highest BCUT2D eigenvalue weighted by Gasteiger charge is 2.23. The van der Waals surface area contributed by atoms with Crippen LogP contribution >= 0.6 is 11.3 Å². The van der Waals surface area contributed by atoms with Crippen molar-refractivity contribution in [1.82, 2.24) is 10.3 Å². The molecule has 2 atom stereocenters. The van der Waals surface area contributed by atoms with E-state index in [0.29, 0.717) is 12.6 Å². The van der Waals surface area contributed by atoms with Crippen molar-refractivity contribution >= 4 is 11.3 Å². The molecule has 0 bridgehead atoms. The molecular formula is C12H20N2OS. The summed E-state index contributed by atoms with van der Waals surface area (Å²) in [5, 5.41) is 14.0. The molecule has 0 fully saturated rings. The van der Waals surface area contributed by atoms with Crippen LogP contribution in [0.25, 0.3) is 0 Å². The minimum atomic E-state index is -0.274. The van der Waals surface area contributed by atoms with Gasteiger partial charge in [-0.1, -0.05) is 6.92 Å². The predicted molar refractivity (Wildman–Crippen MR) is 66.9 cm³/mol. The number of nitrogens with one attached hydrogen (secondary N) is 1. The first-order chi connectivity index (χ1) is 7.70. The van der Waals surface area contributed by atoms with E-state index in [1.165, 1.54) is 28.4 Å². The molecule has 1 aliphatic rings. The van der Waals surface area contributed by atoms with Crippen molar-refractivity contribution in [3.05, 3.63) is 15.6 Å². The second kappa shape index (κ2) is 5.25. The third-order valence-electron chi connectivity index (χ3n) is 2.96. The van der Waals surface area contributed by atoms with Crippen molar-refractivity contribution in [2.45, 2.75) is 51.7 Å². The summed E-state index contributed by atoms with van der Waals surface area (Å²) in [6.45, 7) is 4.65. The van der Waals surface area contributed by atoms with Gasteiger partial charge < -0.3 is 10.4 Å². The maximum absolute atomic E-state index is 9.31. The monoisotopic (exact) mass is 240 g/mol. The molecule has 0 spiro atoms.